The van der Waals surface area contributed by atoms with E-state index in [2.05, 4.69) is 10.3 Å². The third kappa shape index (κ3) is 5.24. The summed E-state index contributed by atoms with van der Waals surface area (Å²) in [6.45, 7) is 8.53. The van der Waals surface area contributed by atoms with Gasteiger partial charge in [-0.2, -0.15) is 0 Å². The van der Waals surface area contributed by atoms with Gasteiger partial charge in [0, 0.05) is 54.3 Å². The minimum absolute atomic E-state index is 0.114. The molecular weight excluding hydrogens is 552 g/mol. The van der Waals surface area contributed by atoms with Gasteiger partial charge in [-0.05, 0) is 83.9 Å². The Bertz CT molecular complexity index is 1570. The molecule has 0 radical (unpaired) electrons. The van der Waals surface area contributed by atoms with Crippen LogP contribution in [0.4, 0.5) is 8.78 Å². The quantitative estimate of drug-likeness (QED) is 0.386. The largest absolute Gasteiger partial charge is 0.341 e. The molecule has 2 aromatic heterocycles. The SMILES string of the molecule is CC(C)N(C(=O)c1cc(F)ccc1-n1cc(C(=O)C2CCN(C(=O)[C@H]3N[C@@H]4CC[C@H]3C4)CC2)c2c(F)cncc21)C(C)C. The van der Waals surface area contributed by atoms with E-state index in [0.717, 1.165) is 25.5 Å². The van der Waals surface area contributed by atoms with Crippen molar-refractivity contribution in [2.75, 3.05) is 13.1 Å². The van der Waals surface area contributed by atoms with Gasteiger partial charge in [0.05, 0.1) is 35.2 Å². The Hall–Kier alpha value is -3.66. The highest BCUT2D eigenvalue weighted by atomic mass is 19.1. The molecule has 1 N–H and O–H groups in total. The van der Waals surface area contributed by atoms with Crippen LogP contribution in [0.3, 0.4) is 0 Å². The van der Waals surface area contributed by atoms with Crippen molar-refractivity contribution < 1.29 is 23.2 Å². The van der Waals surface area contributed by atoms with Gasteiger partial charge in [-0.25, -0.2) is 8.78 Å². The molecule has 228 valence electrons. The molecule has 3 fully saturated rings. The Labute approximate surface area is 250 Å². The Kier molecular flexibility index (Phi) is 7.83. The number of benzene rings is 1. The average Bonchev–Trinajstić information content (AvgIpc) is 3.72. The zero-order valence-corrected chi connectivity index (χ0v) is 25.1. The zero-order chi connectivity index (χ0) is 30.6. The minimum atomic E-state index is -0.643. The molecule has 3 aliphatic rings. The van der Waals surface area contributed by atoms with Gasteiger partial charge in [0.1, 0.15) is 5.82 Å². The van der Waals surface area contributed by atoms with Gasteiger partial charge >= 0.3 is 0 Å². The van der Waals surface area contributed by atoms with Crippen molar-refractivity contribution >= 4 is 28.5 Å². The van der Waals surface area contributed by atoms with E-state index in [1.54, 1.807) is 15.7 Å². The fourth-order valence-corrected chi connectivity index (χ4v) is 7.53. The second-order valence-electron chi connectivity index (χ2n) is 12.9. The summed E-state index contributed by atoms with van der Waals surface area (Å²) in [6, 6.07) is 3.95. The normalized spacial score (nSPS) is 22.2. The third-order valence-corrected chi connectivity index (χ3v) is 9.53. The summed E-state index contributed by atoms with van der Waals surface area (Å²) in [5, 5.41) is 3.59. The number of amides is 2. The molecule has 3 atom stereocenters. The molecule has 2 saturated heterocycles. The summed E-state index contributed by atoms with van der Waals surface area (Å²) in [5.74, 6) is -1.64. The van der Waals surface area contributed by atoms with E-state index in [4.69, 9.17) is 0 Å². The number of nitrogens with zero attached hydrogens (tertiary/aromatic N) is 4. The topological polar surface area (TPSA) is 87.5 Å². The van der Waals surface area contributed by atoms with Crippen molar-refractivity contribution in [3.8, 4) is 5.69 Å². The van der Waals surface area contributed by atoms with E-state index in [9.17, 15) is 18.8 Å². The maximum Gasteiger partial charge on any atom is 0.256 e. The number of hydrogen-bond donors (Lipinski definition) is 1. The minimum Gasteiger partial charge on any atom is -0.341 e. The molecular formula is C33H39F2N5O3. The number of fused-ring (bicyclic) bond motifs is 3. The standard InChI is InChI=1S/C33H39F2N5O3/c1-18(2)40(19(3)4)32(42)24-14-22(34)6-8-27(24)39-17-25(29-26(35)15-36-16-28(29)39)31(41)20-9-11-38(12-10-20)33(43)30-21-5-7-23(13-21)37-30/h6,8,14-21,23,30,37H,5,7,9-13H2,1-4H3/t21-,23+,30-/m0/s1. The Balaban J connectivity index is 1.30. The van der Waals surface area contributed by atoms with Gasteiger partial charge in [0.2, 0.25) is 5.91 Å². The molecule has 2 aliphatic heterocycles. The Morgan fingerprint density at radius 2 is 1.70 bits per heavy atom. The highest BCUT2D eigenvalue weighted by molar-refractivity contribution is 6.10. The smallest absolute Gasteiger partial charge is 0.256 e. The highest BCUT2D eigenvalue weighted by Crippen LogP contribution is 2.37. The van der Waals surface area contributed by atoms with Crippen molar-refractivity contribution in [3.63, 3.8) is 0 Å². The molecule has 43 heavy (non-hydrogen) atoms. The van der Waals surface area contributed by atoms with Gasteiger partial charge < -0.3 is 19.7 Å². The number of piperidine rings is 2. The van der Waals surface area contributed by atoms with Crippen LogP contribution >= 0.6 is 0 Å². The van der Waals surface area contributed by atoms with Gasteiger partial charge in [-0.15, -0.1) is 0 Å². The monoisotopic (exact) mass is 591 g/mol. The molecule has 8 nitrogen and oxygen atoms in total. The number of pyridine rings is 1. The fraction of sp³-hybridized carbons (Fsp3) is 0.515. The molecule has 1 aliphatic carbocycles. The van der Waals surface area contributed by atoms with E-state index < -0.39 is 11.6 Å². The van der Waals surface area contributed by atoms with Gasteiger partial charge in [-0.1, -0.05) is 0 Å². The van der Waals surface area contributed by atoms with Crippen LogP contribution in [0.5, 0.6) is 0 Å². The van der Waals surface area contributed by atoms with E-state index in [1.165, 1.54) is 24.4 Å². The van der Waals surface area contributed by atoms with Crippen molar-refractivity contribution in [1.82, 2.24) is 24.7 Å². The maximum absolute atomic E-state index is 15.4. The molecule has 1 saturated carbocycles. The summed E-state index contributed by atoms with van der Waals surface area (Å²) in [6.07, 6.45) is 8.33. The molecule has 10 heteroatoms. The number of aromatic nitrogens is 2. The molecule has 0 spiro atoms. The van der Waals surface area contributed by atoms with Crippen LogP contribution in [-0.2, 0) is 4.79 Å². The highest BCUT2D eigenvalue weighted by Gasteiger charge is 2.44. The number of hydrogen-bond acceptors (Lipinski definition) is 5. The van der Waals surface area contributed by atoms with Gasteiger partial charge in [0.15, 0.2) is 11.6 Å². The predicted molar refractivity (Wildman–Crippen MR) is 159 cm³/mol. The number of carbonyl (C=O) groups excluding carboxylic acids is 3. The Morgan fingerprint density at radius 1 is 0.977 bits per heavy atom. The predicted octanol–water partition coefficient (Wildman–Crippen LogP) is 5.12. The second kappa shape index (κ2) is 11.4. The number of nitrogens with one attached hydrogen (secondary N) is 1. The van der Waals surface area contributed by atoms with E-state index in [0.29, 0.717) is 49.1 Å². The van der Waals surface area contributed by atoms with E-state index in [-0.39, 0.29) is 58.2 Å². The first-order chi connectivity index (χ1) is 20.5. The molecule has 6 rings (SSSR count). The number of Topliss-reactive ketones (excluding diaryl/α,β-unsaturated/α-hetero) is 1. The number of ketones is 1. The van der Waals surface area contributed by atoms with E-state index >= 15 is 4.39 Å². The lowest BCUT2D eigenvalue weighted by atomic mass is 9.88. The van der Waals surface area contributed by atoms with Crippen LogP contribution < -0.4 is 5.32 Å². The summed E-state index contributed by atoms with van der Waals surface area (Å²) < 4.78 is 31.5. The first kappa shape index (κ1) is 29.4. The molecule has 3 aromatic rings. The second-order valence-corrected chi connectivity index (χ2v) is 12.9. The van der Waals surface area contributed by atoms with Crippen molar-refractivity contribution in [2.45, 2.75) is 84.0 Å². The fourth-order valence-electron chi connectivity index (χ4n) is 7.53. The maximum atomic E-state index is 15.4. The number of halogens is 2. The molecule has 4 heterocycles. The molecule has 2 bridgehead atoms. The zero-order valence-electron chi connectivity index (χ0n) is 25.1. The van der Waals surface area contributed by atoms with Gasteiger partial charge in [0.25, 0.3) is 5.91 Å². The number of likely N-dealkylation sites (tertiary alicyclic amines) is 1. The van der Waals surface area contributed by atoms with Gasteiger partial charge in [-0.3, -0.25) is 19.4 Å². The van der Waals surface area contributed by atoms with Crippen molar-refractivity contribution in [1.29, 1.82) is 0 Å². The summed E-state index contributed by atoms with van der Waals surface area (Å²) in [7, 11) is 0. The summed E-state index contributed by atoms with van der Waals surface area (Å²) >= 11 is 0. The van der Waals surface area contributed by atoms with Crippen LogP contribution in [0.25, 0.3) is 16.6 Å². The van der Waals surface area contributed by atoms with Crippen LogP contribution in [0.1, 0.15) is 80.5 Å². The van der Waals surface area contributed by atoms with Crippen LogP contribution in [0.2, 0.25) is 0 Å². The van der Waals surface area contributed by atoms with Crippen LogP contribution in [-0.4, -0.2) is 74.2 Å². The number of carbonyl (C=O) groups is 3. The van der Waals surface area contributed by atoms with Crippen molar-refractivity contribution in [3.05, 3.63) is 59.6 Å². The summed E-state index contributed by atoms with van der Waals surface area (Å²) in [4.78, 5) is 48.5. The lowest BCUT2D eigenvalue weighted by molar-refractivity contribution is -0.135. The Morgan fingerprint density at radius 3 is 2.33 bits per heavy atom. The first-order valence-corrected chi connectivity index (χ1v) is 15.4. The first-order valence-electron chi connectivity index (χ1n) is 15.4. The number of rotatable bonds is 7. The molecule has 2 amide bonds. The van der Waals surface area contributed by atoms with Crippen LogP contribution in [0, 0.1) is 23.5 Å². The molecule has 0 unspecified atom stereocenters. The molecule has 1 aromatic carbocycles. The van der Waals surface area contributed by atoms with E-state index in [1.807, 2.05) is 32.6 Å². The average molecular weight is 592 g/mol. The lowest BCUT2D eigenvalue weighted by Gasteiger charge is -2.35. The van der Waals surface area contributed by atoms with Crippen LogP contribution in [0.15, 0.2) is 36.8 Å². The van der Waals surface area contributed by atoms with Crippen molar-refractivity contribution in [2.24, 2.45) is 11.8 Å². The lowest BCUT2D eigenvalue weighted by Crippen LogP contribution is -2.51. The third-order valence-electron chi connectivity index (χ3n) is 9.53. The summed E-state index contributed by atoms with van der Waals surface area (Å²) in [5.41, 5.74) is 0.970.